The molecule has 1 rings (SSSR count). The van der Waals surface area contributed by atoms with Crippen LogP contribution in [0.4, 0.5) is 5.69 Å². The van der Waals surface area contributed by atoms with E-state index in [0.717, 1.165) is 23.7 Å². The Balaban J connectivity index is 2.67. The number of ketones is 1. The van der Waals surface area contributed by atoms with Gasteiger partial charge in [-0.05, 0) is 25.1 Å². The Morgan fingerprint density at radius 2 is 2.39 bits per heavy atom. The molecule has 0 aliphatic carbocycles. The third kappa shape index (κ3) is 4.27. The monoisotopic (exact) mass is 260 g/mol. The van der Waals surface area contributed by atoms with Crippen LogP contribution in [0.2, 0.25) is 0 Å². The van der Waals surface area contributed by atoms with E-state index < -0.39 is 0 Å². The van der Waals surface area contributed by atoms with Gasteiger partial charge in [0.25, 0.3) is 0 Å². The Morgan fingerprint density at radius 1 is 1.61 bits per heavy atom. The van der Waals surface area contributed by atoms with E-state index in [4.69, 9.17) is 5.26 Å². The van der Waals surface area contributed by atoms with Crippen LogP contribution in [0.5, 0.6) is 0 Å². The summed E-state index contributed by atoms with van der Waals surface area (Å²) in [4.78, 5) is 11.3. The molecule has 0 bridgehead atoms. The van der Waals surface area contributed by atoms with Gasteiger partial charge in [-0.25, -0.2) is 0 Å². The zero-order valence-corrected chi connectivity index (χ0v) is 11.2. The summed E-state index contributed by atoms with van der Waals surface area (Å²) in [5.74, 6) is 1.85. The number of Topliss-reactive ketones (excluding diaryl/α,β-unsaturated/α-hetero) is 1. The van der Waals surface area contributed by atoms with Crippen LogP contribution in [-0.4, -0.2) is 23.8 Å². The van der Waals surface area contributed by atoms with Crippen LogP contribution in [0.25, 0.3) is 0 Å². The summed E-state index contributed by atoms with van der Waals surface area (Å²) in [5.41, 5.74) is 1.91. The third-order valence-corrected chi connectivity index (χ3v) is 3.31. The highest BCUT2D eigenvalue weighted by molar-refractivity contribution is 7.99. The minimum atomic E-state index is 0.00331. The molecular weight excluding hydrogens is 244 g/mol. The van der Waals surface area contributed by atoms with Crippen molar-refractivity contribution in [2.45, 2.75) is 6.92 Å². The minimum absolute atomic E-state index is 0.00331. The van der Waals surface area contributed by atoms with Crippen LogP contribution in [0.1, 0.15) is 22.8 Å². The van der Waals surface area contributed by atoms with Crippen LogP contribution in [0.15, 0.2) is 30.9 Å². The molecule has 18 heavy (non-hydrogen) atoms. The van der Waals surface area contributed by atoms with Gasteiger partial charge in [-0.2, -0.15) is 17.0 Å². The van der Waals surface area contributed by atoms with Gasteiger partial charge in [-0.15, -0.1) is 6.58 Å². The number of benzene rings is 1. The maximum absolute atomic E-state index is 11.3. The van der Waals surface area contributed by atoms with Crippen molar-refractivity contribution in [3.8, 4) is 6.07 Å². The van der Waals surface area contributed by atoms with Crippen molar-refractivity contribution in [1.82, 2.24) is 0 Å². The maximum atomic E-state index is 11.3. The maximum Gasteiger partial charge on any atom is 0.159 e. The first-order valence-electron chi connectivity index (χ1n) is 5.66. The number of nitrogens with one attached hydrogen (secondary N) is 1. The SMILES string of the molecule is C=CCSCCNc1cc(C(C)=O)ccc1C#N. The molecule has 94 valence electrons. The largest absolute Gasteiger partial charge is 0.383 e. The zero-order valence-electron chi connectivity index (χ0n) is 10.4. The van der Waals surface area contributed by atoms with Crippen molar-refractivity contribution in [1.29, 1.82) is 5.26 Å². The Kier molecular flexibility index (Phi) is 6.03. The fraction of sp³-hybridized carbons (Fsp3) is 0.286. The molecule has 3 nitrogen and oxygen atoms in total. The molecular formula is C14H16N2OS. The summed E-state index contributed by atoms with van der Waals surface area (Å²) in [6.45, 7) is 5.93. The van der Waals surface area contributed by atoms with Crippen molar-refractivity contribution in [3.05, 3.63) is 42.0 Å². The molecule has 0 aliphatic heterocycles. The second kappa shape index (κ2) is 7.57. The summed E-state index contributed by atoms with van der Waals surface area (Å²) in [7, 11) is 0. The minimum Gasteiger partial charge on any atom is -0.383 e. The molecule has 1 N–H and O–H groups in total. The highest BCUT2D eigenvalue weighted by Gasteiger charge is 2.05. The normalized spacial score (nSPS) is 9.56. The molecule has 0 radical (unpaired) electrons. The van der Waals surface area contributed by atoms with E-state index in [1.807, 2.05) is 6.08 Å². The third-order valence-electron chi connectivity index (χ3n) is 2.34. The van der Waals surface area contributed by atoms with Gasteiger partial charge < -0.3 is 5.32 Å². The Bertz CT molecular complexity index is 477. The smallest absolute Gasteiger partial charge is 0.159 e. The quantitative estimate of drug-likeness (QED) is 0.465. The van der Waals surface area contributed by atoms with Crippen LogP contribution >= 0.6 is 11.8 Å². The zero-order chi connectivity index (χ0) is 13.4. The lowest BCUT2D eigenvalue weighted by Gasteiger charge is -2.09. The van der Waals surface area contributed by atoms with E-state index in [1.165, 1.54) is 6.92 Å². The van der Waals surface area contributed by atoms with Gasteiger partial charge in [0.15, 0.2) is 5.78 Å². The number of nitrogens with zero attached hydrogens (tertiary/aromatic N) is 1. The van der Waals surface area contributed by atoms with Crippen molar-refractivity contribution < 1.29 is 4.79 Å². The van der Waals surface area contributed by atoms with E-state index in [1.54, 1.807) is 30.0 Å². The number of anilines is 1. The fourth-order valence-electron chi connectivity index (χ4n) is 1.43. The van der Waals surface area contributed by atoms with Crippen LogP contribution in [-0.2, 0) is 0 Å². The highest BCUT2D eigenvalue weighted by Crippen LogP contribution is 2.17. The fourth-order valence-corrected chi connectivity index (χ4v) is 2.01. The topological polar surface area (TPSA) is 52.9 Å². The number of hydrogen-bond acceptors (Lipinski definition) is 4. The first kappa shape index (κ1) is 14.3. The second-order valence-electron chi connectivity index (χ2n) is 3.72. The van der Waals surface area contributed by atoms with Gasteiger partial charge in [-0.1, -0.05) is 6.08 Å². The van der Waals surface area contributed by atoms with E-state index in [-0.39, 0.29) is 5.78 Å². The van der Waals surface area contributed by atoms with Gasteiger partial charge >= 0.3 is 0 Å². The summed E-state index contributed by atoms with van der Waals surface area (Å²) in [6.07, 6.45) is 1.86. The summed E-state index contributed by atoms with van der Waals surface area (Å²) in [5, 5.41) is 12.2. The molecule has 0 heterocycles. The molecule has 4 heteroatoms. The summed E-state index contributed by atoms with van der Waals surface area (Å²) < 4.78 is 0. The van der Waals surface area contributed by atoms with Crippen molar-refractivity contribution in [2.75, 3.05) is 23.4 Å². The predicted octanol–water partition coefficient (Wildman–Crippen LogP) is 3.09. The summed E-state index contributed by atoms with van der Waals surface area (Å²) in [6, 6.07) is 7.21. The molecule has 0 amide bonds. The van der Waals surface area contributed by atoms with E-state index in [0.29, 0.717) is 11.1 Å². The lowest BCUT2D eigenvalue weighted by Crippen LogP contribution is -2.07. The number of rotatable bonds is 7. The molecule has 0 saturated heterocycles. The van der Waals surface area contributed by atoms with Crippen LogP contribution < -0.4 is 5.32 Å². The van der Waals surface area contributed by atoms with E-state index in [2.05, 4.69) is 18.0 Å². The molecule has 0 atom stereocenters. The van der Waals surface area contributed by atoms with Gasteiger partial charge in [0.1, 0.15) is 6.07 Å². The van der Waals surface area contributed by atoms with Gasteiger partial charge in [-0.3, -0.25) is 4.79 Å². The van der Waals surface area contributed by atoms with Gasteiger partial charge in [0, 0.05) is 23.6 Å². The molecule has 1 aromatic carbocycles. The highest BCUT2D eigenvalue weighted by atomic mass is 32.2. The molecule has 0 aliphatic rings. The molecule has 0 saturated carbocycles. The molecule has 1 aromatic rings. The lowest BCUT2D eigenvalue weighted by atomic mass is 10.1. The van der Waals surface area contributed by atoms with E-state index >= 15 is 0 Å². The Labute approximate surface area is 112 Å². The molecule has 0 aromatic heterocycles. The van der Waals surface area contributed by atoms with Gasteiger partial charge in [0.05, 0.1) is 11.3 Å². The first-order valence-corrected chi connectivity index (χ1v) is 6.82. The van der Waals surface area contributed by atoms with Gasteiger partial charge in [0.2, 0.25) is 0 Å². The number of nitriles is 1. The second-order valence-corrected chi connectivity index (χ2v) is 4.87. The molecule has 0 spiro atoms. The number of hydrogen-bond donors (Lipinski definition) is 1. The average molecular weight is 260 g/mol. The predicted molar refractivity (Wildman–Crippen MR) is 77.2 cm³/mol. The molecule has 0 fully saturated rings. The molecule has 0 unspecified atom stereocenters. The summed E-state index contributed by atoms with van der Waals surface area (Å²) >= 11 is 1.77. The first-order chi connectivity index (χ1) is 8.69. The standard InChI is InChI=1S/C14H16N2OS/c1-3-7-18-8-6-16-14-9-12(11(2)17)4-5-13(14)10-15/h3-5,9,16H,1,6-8H2,2H3. The number of carbonyl (C=O) groups excluding carboxylic acids is 1. The number of carbonyl (C=O) groups is 1. The van der Waals surface area contributed by atoms with Crippen LogP contribution in [0, 0.1) is 11.3 Å². The number of thioether (sulfide) groups is 1. The Morgan fingerprint density at radius 3 is 3.00 bits per heavy atom. The van der Waals surface area contributed by atoms with Crippen molar-refractivity contribution in [2.24, 2.45) is 0 Å². The van der Waals surface area contributed by atoms with Crippen molar-refractivity contribution in [3.63, 3.8) is 0 Å². The lowest BCUT2D eigenvalue weighted by molar-refractivity contribution is 0.101. The van der Waals surface area contributed by atoms with Crippen LogP contribution in [0.3, 0.4) is 0 Å². The average Bonchev–Trinajstić information content (AvgIpc) is 2.38. The van der Waals surface area contributed by atoms with Crippen molar-refractivity contribution >= 4 is 23.2 Å². The Hall–Kier alpha value is -1.73. The van der Waals surface area contributed by atoms with E-state index in [9.17, 15) is 4.79 Å².